The first-order chi connectivity index (χ1) is 8.14. The van der Waals surface area contributed by atoms with E-state index in [1.807, 2.05) is 48.1 Å². The predicted octanol–water partition coefficient (Wildman–Crippen LogP) is 4.56. The maximum atomic E-state index is 7.22. The van der Waals surface area contributed by atoms with Gasteiger partial charge in [-0.2, -0.15) is 0 Å². The molecule has 0 fully saturated rings. The van der Waals surface area contributed by atoms with Gasteiger partial charge in [-0.05, 0) is 47.4 Å². The van der Waals surface area contributed by atoms with Gasteiger partial charge in [0.25, 0.3) is 0 Å². The van der Waals surface area contributed by atoms with Gasteiger partial charge in [0.2, 0.25) is 0 Å². The highest BCUT2D eigenvalue weighted by Crippen LogP contribution is 2.37. The molecule has 0 aromatic heterocycles. The zero-order valence-electron chi connectivity index (χ0n) is 13.7. The van der Waals surface area contributed by atoms with Crippen LogP contribution in [0.4, 0.5) is 0 Å². The van der Waals surface area contributed by atoms with Gasteiger partial charge in [-0.1, -0.05) is 6.92 Å². The summed E-state index contributed by atoms with van der Waals surface area (Å²) in [6, 6.07) is 0. The largest absolute Gasteiger partial charge is 0.346 e. The van der Waals surface area contributed by atoms with E-state index in [0.717, 1.165) is 12.1 Å². The molecule has 0 spiro atoms. The predicted molar refractivity (Wildman–Crippen MR) is 87.1 cm³/mol. The molecule has 5 heteroatoms. The molecule has 4 nitrogen and oxygen atoms in total. The van der Waals surface area contributed by atoms with Crippen molar-refractivity contribution in [2.45, 2.75) is 41.0 Å². The quantitative estimate of drug-likeness (QED) is 0.596. The van der Waals surface area contributed by atoms with Crippen molar-refractivity contribution in [3.05, 3.63) is 0 Å². The number of aliphatic imine (C=N–C) groups is 2. The Labute approximate surface area is 114 Å². The summed E-state index contributed by atoms with van der Waals surface area (Å²) in [5, 5.41) is 7.22. The molecule has 0 aliphatic rings. The van der Waals surface area contributed by atoms with Gasteiger partial charge in [0.1, 0.15) is 0 Å². The van der Waals surface area contributed by atoms with Crippen molar-refractivity contribution in [1.29, 1.82) is 5.16 Å². The average molecular weight is 277 g/mol. The average Bonchev–Trinajstić information content (AvgIpc) is 2.28. The number of nitrogens with zero attached hydrogens (tertiary/aromatic N) is 2. The fraction of sp³-hybridized carbons (Fsp3) is 0.846. The molecule has 0 aliphatic heterocycles. The topological polar surface area (TPSA) is 57.8 Å². The summed E-state index contributed by atoms with van der Waals surface area (Å²) in [6.07, 6.45) is 1.08. The van der Waals surface area contributed by atoms with Crippen molar-refractivity contribution in [2.75, 3.05) is 34.0 Å². The molecule has 0 amide bonds. The Morgan fingerprint density at radius 3 is 1.44 bits per heavy atom. The second kappa shape index (κ2) is 14.6. The van der Waals surface area contributed by atoms with Crippen molar-refractivity contribution in [3.63, 3.8) is 0 Å². The first kappa shape index (κ1) is 22.7. The van der Waals surface area contributed by atoms with Gasteiger partial charge in [-0.25, -0.2) is 0 Å². The van der Waals surface area contributed by atoms with Gasteiger partial charge in [-0.15, -0.1) is 0 Å². The molecule has 0 saturated heterocycles. The minimum atomic E-state index is -1.67. The lowest BCUT2D eigenvalue weighted by Gasteiger charge is -2.07. The molecule has 110 valence electrons. The van der Waals surface area contributed by atoms with Crippen molar-refractivity contribution in [1.82, 2.24) is 0 Å². The molecule has 1 N–H and O–H groups in total. The molecule has 0 aromatic carbocycles. The smallest absolute Gasteiger partial charge is 0.0759 e. The zero-order valence-corrected chi connectivity index (χ0v) is 14.6. The molecule has 0 radical (unpaired) electrons. The summed E-state index contributed by atoms with van der Waals surface area (Å²) >= 11 is 0. The third-order valence-electron chi connectivity index (χ3n) is 1.79. The molecule has 0 unspecified atom stereocenters. The summed E-state index contributed by atoms with van der Waals surface area (Å²) in [4.78, 5) is 7.73. The van der Waals surface area contributed by atoms with Crippen LogP contribution in [0, 0.1) is 5.16 Å². The van der Waals surface area contributed by atoms with Gasteiger partial charge in [0.05, 0.1) is 7.28 Å². The van der Waals surface area contributed by atoms with E-state index >= 15 is 0 Å². The van der Waals surface area contributed by atoms with Gasteiger partial charge in [0, 0.05) is 32.1 Å². The van der Waals surface area contributed by atoms with E-state index in [4.69, 9.17) is 9.69 Å². The van der Waals surface area contributed by atoms with Crippen LogP contribution in [-0.2, 0) is 4.52 Å². The van der Waals surface area contributed by atoms with Crippen LogP contribution >= 0.6 is 7.28 Å². The SMILES string of the molecule is CCC(C)=NC.CCOP(C)(C)=N.CN=C(C)C. The molecular formula is C13H32N3OP. The molecule has 18 heavy (non-hydrogen) atoms. The normalized spacial score (nSPS) is 10.6. The Bertz CT molecular complexity index is 276. The summed E-state index contributed by atoms with van der Waals surface area (Å²) in [6.45, 7) is 14.3. The van der Waals surface area contributed by atoms with Crippen LogP contribution in [0.15, 0.2) is 9.98 Å². The van der Waals surface area contributed by atoms with E-state index in [2.05, 4.69) is 16.9 Å². The second-order valence-electron chi connectivity index (χ2n) is 4.25. The Morgan fingerprint density at radius 1 is 1.06 bits per heavy atom. The van der Waals surface area contributed by atoms with Crippen LogP contribution in [0.3, 0.4) is 0 Å². The second-order valence-corrected chi connectivity index (χ2v) is 7.21. The Morgan fingerprint density at radius 2 is 1.44 bits per heavy atom. The maximum absolute atomic E-state index is 7.22. The van der Waals surface area contributed by atoms with Crippen molar-refractivity contribution >= 4 is 18.7 Å². The van der Waals surface area contributed by atoms with Gasteiger partial charge < -0.3 is 4.52 Å². The van der Waals surface area contributed by atoms with Crippen LogP contribution in [0.5, 0.6) is 0 Å². The molecular weight excluding hydrogens is 245 g/mol. The highest BCUT2D eigenvalue weighted by Gasteiger charge is 1.95. The molecule has 0 bridgehead atoms. The van der Waals surface area contributed by atoms with Gasteiger partial charge in [-0.3, -0.25) is 15.1 Å². The van der Waals surface area contributed by atoms with E-state index in [1.165, 1.54) is 5.71 Å². The molecule has 0 atom stereocenters. The van der Waals surface area contributed by atoms with E-state index in [1.54, 1.807) is 7.05 Å². The van der Waals surface area contributed by atoms with E-state index in [0.29, 0.717) is 6.61 Å². The Hall–Kier alpha value is -0.470. The standard InChI is InChI=1S/C5H11N.C4H12NOP.C4H9N/c1-4-5(2)6-3;1-4-6-7(2,3)5;1-4(2)5-3/h4H2,1-3H3;5H,4H2,1-3H3;1-3H3. The van der Waals surface area contributed by atoms with Crippen LogP contribution < -0.4 is 0 Å². The van der Waals surface area contributed by atoms with E-state index in [-0.39, 0.29) is 0 Å². The number of hydrogen-bond donors (Lipinski definition) is 1. The van der Waals surface area contributed by atoms with Gasteiger partial charge in [0.15, 0.2) is 0 Å². The van der Waals surface area contributed by atoms with Gasteiger partial charge >= 0.3 is 0 Å². The van der Waals surface area contributed by atoms with E-state index < -0.39 is 7.28 Å². The lowest BCUT2D eigenvalue weighted by atomic mass is 10.3. The fourth-order valence-electron chi connectivity index (χ4n) is 0.481. The minimum Gasteiger partial charge on any atom is -0.346 e. The third kappa shape index (κ3) is 36.1. The Kier molecular flexibility index (Phi) is 18.4. The summed E-state index contributed by atoms with van der Waals surface area (Å²) in [7, 11) is 1.94. The van der Waals surface area contributed by atoms with Crippen molar-refractivity contribution < 1.29 is 4.52 Å². The number of hydrogen-bond acceptors (Lipinski definition) is 4. The zero-order chi connectivity index (χ0) is 15.2. The maximum Gasteiger partial charge on any atom is 0.0759 e. The summed E-state index contributed by atoms with van der Waals surface area (Å²) < 4.78 is 5.01. The first-order valence-electron chi connectivity index (χ1n) is 6.20. The lowest BCUT2D eigenvalue weighted by molar-refractivity contribution is 0.375. The van der Waals surface area contributed by atoms with Crippen LogP contribution in [0.25, 0.3) is 0 Å². The van der Waals surface area contributed by atoms with Crippen LogP contribution in [-0.4, -0.2) is 45.5 Å². The molecule has 0 aromatic rings. The highest BCUT2D eigenvalue weighted by molar-refractivity contribution is 7.58. The fourth-order valence-corrected chi connectivity index (χ4v) is 1.13. The van der Waals surface area contributed by atoms with Crippen molar-refractivity contribution in [2.24, 2.45) is 9.98 Å². The monoisotopic (exact) mass is 277 g/mol. The highest BCUT2D eigenvalue weighted by atomic mass is 31.2. The van der Waals surface area contributed by atoms with Crippen molar-refractivity contribution in [3.8, 4) is 0 Å². The summed E-state index contributed by atoms with van der Waals surface area (Å²) in [5.41, 5.74) is 2.35. The van der Waals surface area contributed by atoms with E-state index in [9.17, 15) is 0 Å². The lowest BCUT2D eigenvalue weighted by Crippen LogP contribution is -1.83. The summed E-state index contributed by atoms with van der Waals surface area (Å²) in [5.74, 6) is 0. The Balaban J connectivity index is -0.000000190. The van der Waals surface area contributed by atoms with Crippen LogP contribution in [0.1, 0.15) is 41.0 Å². The minimum absolute atomic E-state index is 0.671. The third-order valence-corrected chi connectivity index (χ3v) is 2.70. The number of rotatable bonds is 3. The number of nitrogens with one attached hydrogen (secondary N) is 1. The molecule has 0 heterocycles. The molecule has 0 rings (SSSR count). The molecule has 0 aliphatic carbocycles. The molecule has 0 saturated carbocycles. The first-order valence-corrected chi connectivity index (χ1v) is 8.80. The van der Waals surface area contributed by atoms with Crippen LogP contribution in [0.2, 0.25) is 0 Å².